The third-order valence-electron chi connectivity index (χ3n) is 1.88. The summed E-state index contributed by atoms with van der Waals surface area (Å²) in [6.45, 7) is 4.23. The lowest BCUT2D eigenvalue weighted by Gasteiger charge is -2.09. The molecule has 1 rings (SSSR count). The topological polar surface area (TPSA) is 77.0 Å². The maximum absolute atomic E-state index is 11.4. The van der Waals surface area contributed by atoms with Crippen LogP contribution in [0.2, 0.25) is 0 Å². The predicted octanol–water partition coefficient (Wildman–Crippen LogP) is -0.312. The molecule has 0 saturated heterocycles. The minimum absolute atomic E-state index is 0.0929. The summed E-state index contributed by atoms with van der Waals surface area (Å²) in [5, 5.41) is 3.73. The van der Waals surface area contributed by atoms with E-state index in [0.717, 1.165) is 0 Å². The molecule has 0 bridgehead atoms. The van der Waals surface area contributed by atoms with Gasteiger partial charge in [0, 0.05) is 0 Å². The number of nitrogens with zero attached hydrogens (tertiary/aromatic N) is 1. The second-order valence-electron chi connectivity index (χ2n) is 2.88. The molecule has 15 heavy (non-hydrogen) atoms. The molecule has 0 radical (unpaired) electrons. The van der Waals surface area contributed by atoms with E-state index in [2.05, 4.69) is 10.5 Å². The second-order valence-corrected chi connectivity index (χ2v) is 2.88. The number of carbonyl (C=O) groups is 2. The van der Waals surface area contributed by atoms with Crippen molar-refractivity contribution < 1.29 is 19.1 Å². The van der Waals surface area contributed by atoms with Crippen LogP contribution < -0.4 is 5.43 Å². The number of ether oxygens (including phenoxy) is 2. The Morgan fingerprint density at radius 1 is 1.40 bits per heavy atom. The third kappa shape index (κ3) is 2.68. The summed E-state index contributed by atoms with van der Waals surface area (Å²) in [7, 11) is 0. The molecule has 0 spiro atoms. The Bertz CT molecular complexity index is 288. The molecule has 1 heterocycles. The Kier molecular flexibility index (Phi) is 4.08. The highest BCUT2D eigenvalue weighted by atomic mass is 16.5. The zero-order valence-electron chi connectivity index (χ0n) is 8.78. The fraction of sp³-hybridized carbons (Fsp3) is 0.667. The number of rotatable bonds is 4. The van der Waals surface area contributed by atoms with E-state index in [4.69, 9.17) is 9.47 Å². The van der Waals surface area contributed by atoms with E-state index >= 15 is 0 Å². The molecule has 0 fully saturated rings. The van der Waals surface area contributed by atoms with Crippen molar-refractivity contribution in [3.8, 4) is 0 Å². The first-order valence-corrected chi connectivity index (χ1v) is 4.84. The van der Waals surface area contributed by atoms with Gasteiger partial charge in [-0.1, -0.05) is 0 Å². The molecule has 0 aromatic carbocycles. The molecule has 1 N–H and O–H groups in total. The van der Waals surface area contributed by atoms with E-state index in [1.54, 1.807) is 13.8 Å². The van der Waals surface area contributed by atoms with Crippen molar-refractivity contribution in [2.45, 2.75) is 13.8 Å². The quantitative estimate of drug-likeness (QED) is 0.649. The summed E-state index contributed by atoms with van der Waals surface area (Å²) in [6.07, 6.45) is 0. The average Bonchev–Trinajstić information content (AvgIpc) is 2.66. The monoisotopic (exact) mass is 214 g/mol. The first-order valence-electron chi connectivity index (χ1n) is 4.84. The number of hydrazone groups is 1. The van der Waals surface area contributed by atoms with Crippen molar-refractivity contribution in [2.75, 3.05) is 19.8 Å². The van der Waals surface area contributed by atoms with Crippen LogP contribution in [0.5, 0.6) is 0 Å². The van der Waals surface area contributed by atoms with Crippen molar-refractivity contribution in [3.05, 3.63) is 0 Å². The van der Waals surface area contributed by atoms with Crippen molar-refractivity contribution in [2.24, 2.45) is 11.0 Å². The molecule has 6 heteroatoms. The summed E-state index contributed by atoms with van der Waals surface area (Å²) in [6, 6.07) is 0. The molecular formula is C9H14N2O4. The maximum Gasteiger partial charge on any atom is 0.355 e. The molecule has 0 saturated carbocycles. The minimum atomic E-state index is -0.649. The highest BCUT2D eigenvalue weighted by Gasteiger charge is 2.35. The number of esters is 2. The number of nitrogens with one attached hydrogen (secondary N) is 1. The molecule has 0 amide bonds. The lowest BCUT2D eigenvalue weighted by Crippen LogP contribution is -2.32. The molecule has 1 aliphatic heterocycles. The highest BCUT2D eigenvalue weighted by molar-refractivity contribution is 6.41. The van der Waals surface area contributed by atoms with Gasteiger partial charge in [-0.15, -0.1) is 0 Å². The predicted molar refractivity (Wildman–Crippen MR) is 52.2 cm³/mol. The van der Waals surface area contributed by atoms with Gasteiger partial charge in [0.1, 0.15) is 5.92 Å². The largest absolute Gasteiger partial charge is 0.465 e. The van der Waals surface area contributed by atoms with Gasteiger partial charge in [-0.2, -0.15) is 5.10 Å². The molecule has 6 nitrogen and oxygen atoms in total. The Balaban J connectivity index is 2.63. The number of hydrogen-bond acceptors (Lipinski definition) is 6. The lowest BCUT2D eigenvalue weighted by atomic mass is 10.1. The highest BCUT2D eigenvalue weighted by Crippen LogP contribution is 2.09. The first-order chi connectivity index (χ1) is 7.20. The van der Waals surface area contributed by atoms with Crippen LogP contribution in [0.1, 0.15) is 13.8 Å². The van der Waals surface area contributed by atoms with Crippen LogP contribution in [0.15, 0.2) is 5.10 Å². The van der Waals surface area contributed by atoms with Gasteiger partial charge < -0.3 is 14.9 Å². The second kappa shape index (κ2) is 5.33. The van der Waals surface area contributed by atoms with Crippen LogP contribution in [0.3, 0.4) is 0 Å². The summed E-state index contributed by atoms with van der Waals surface area (Å²) in [5.74, 6) is -1.67. The SMILES string of the molecule is CCOC(=O)C1=NNC[C@H]1C(=O)OCC. The van der Waals surface area contributed by atoms with Crippen molar-refractivity contribution in [1.82, 2.24) is 5.43 Å². The molecule has 0 aromatic rings. The van der Waals surface area contributed by atoms with E-state index < -0.39 is 17.9 Å². The third-order valence-corrected chi connectivity index (χ3v) is 1.88. The standard InChI is InChI=1S/C9H14N2O4/c1-3-14-8(12)6-5-10-11-7(6)9(13)15-4-2/h6,10H,3-5H2,1-2H3/t6-/m1/s1. The Hall–Kier alpha value is -1.59. The van der Waals surface area contributed by atoms with E-state index in [1.165, 1.54) is 0 Å². The summed E-state index contributed by atoms with van der Waals surface area (Å²) in [4.78, 5) is 22.8. The van der Waals surface area contributed by atoms with Gasteiger partial charge >= 0.3 is 11.9 Å². The van der Waals surface area contributed by atoms with Crippen LogP contribution in [0.4, 0.5) is 0 Å². The van der Waals surface area contributed by atoms with Crippen molar-refractivity contribution in [1.29, 1.82) is 0 Å². The van der Waals surface area contributed by atoms with E-state index in [9.17, 15) is 9.59 Å². The van der Waals surface area contributed by atoms with Gasteiger partial charge in [0.2, 0.25) is 0 Å². The van der Waals surface area contributed by atoms with E-state index in [1.807, 2.05) is 0 Å². The van der Waals surface area contributed by atoms with Gasteiger partial charge in [-0.05, 0) is 13.8 Å². The van der Waals surface area contributed by atoms with E-state index in [-0.39, 0.29) is 25.5 Å². The van der Waals surface area contributed by atoms with Crippen molar-refractivity contribution in [3.63, 3.8) is 0 Å². The van der Waals surface area contributed by atoms with Crippen LogP contribution in [0.25, 0.3) is 0 Å². The van der Waals surface area contributed by atoms with Gasteiger partial charge in [0.05, 0.1) is 19.8 Å². The normalized spacial score (nSPS) is 19.1. The molecule has 0 aliphatic carbocycles. The zero-order valence-corrected chi connectivity index (χ0v) is 8.78. The molecule has 0 aromatic heterocycles. The Morgan fingerprint density at radius 3 is 2.67 bits per heavy atom. The molecule has 1 aliphatic rings. The average molecular weight is 214 g/mol. The number of hydrogen-bond donors (Lipinski definition) is 1. The zero-order chi connectivity index (χ0) is 11.3. The fourth-order valence-electron chi connectivity index (χ4n) is 1.23. The van der Waals surface area contributed by atoms with Gasteiger partial charge in [-0.3, -0.25) is 4.79 Å². The Labute approximate surface area is 87.6 Å². The lowest BCUT2D eigenvalue weighted by molar-refractivity contribution is -0.146. The summed E-state index contributed by atoms with van der Waals surface area (Å²) < 4.78 is 9.58. The molecule has 0 unspecified atom stereocenters. The Morgan fingerprint density at radius 2 is 2.07 bits per heavy atom. The molecular weight excluding hydrogens is 200 g/mol. The van der Waals surface area contributed by atoms with Crippen LogP contribution in [-0.4, -0.2) is 37.4 Å². The van der Waals surface area contributed by atoms with Crippen molar-refractivity contribution >= 4 is 17.7 Å². The summed E-state index contributed by atoms with van der Waals surface area (Å²) >= 11 is 0. The molecule has 84 valence electrons. The maximum atomic E-state index is 11.4. The minimum Gasteiger partial charge on any atom is -0.465 e. The fourth-order valence-corrected chi connectivity index (χ4v) is 1.23. The van der Waals surface area contributed by atoms with Crippen LogP contribution >= 0.6 is 0 Å². The van der Waals surface area contributed by atoms with E-state index in [0.29, 0.717) is 0 Å². The van der Waals surface area contributed by atoms with Crippen LogP contribution in [0, 0.1) is 5.92 Å². The first kappa shape index (κ1) is 11.5. The van der Waals surface area contributed by atoms with Crippen LogP contribution in [-0.2, 0) is 19.1 Å². The van der Waals surface area contributed by atoms with Gasteiger partial charge in [0.15, 0.2) is 5.71 Å². The van der Waals surface area contributed by atoms with Gasteiger partial charge in [-0.25, -0.2) is 4.79 Å². The summed E-state index contributed by atoms with van der Waals surface area (Å²) in [5.41, 5.74) is 2.68. The van der Waals surface area contributed by atoms with Gasteiger partial charge in [0.25, 0.3) is 0 Å². The number of carbonyl (C=O) groups excluding carboxylic acids is 2. The molecule has 1 atom stereocenters. The smallest absolute Gasteiger partial charge is 0.355 e.